The van der Waals surface area contributed by atoms with Crippen LogP contribution in [0.3, 0.4) is 0 Å². The van der Waals surface area contributed by atoms with Crippen molar-refractivity contribution in [3.63, 3.8) is 0 Å². The number of alkyl halides is 3. The number of hydroxylamine groups is 2. The van der Waals surface area contributed by atoms with Crippen LogP contribution < -0.4 is 0 Å². The molecule has 0 radical (unpaired) electrons. The topological polar surface area (TPSA) is 81.5 Å². The van der Waals surface area contributed by atoms with E-state index in [1.807, 2.05) is 0 Å². The summed E-state index contributed by atoms with van der Waals surface area (Å²) in [5.74, 6) is -3.18. The van der Waals surface area contributed by atoms with Crippen LogP contribution >= 0.6 is 0 Å². The molecule has 0 saturated carbocycles. The molecule has 1 aliphatic heterocycles. The Labute approximate surface area is 138 Å². The molecule has 0 N–H and O–H groups in total. The highest BCUT2D eigenvalue weighted by Gasteiger charge is 2.44. The van der Waals surface area contributed by atoms with E-state index in [9.17, 15) is 27.6 Å². The SMILES string of the molecule is O=C(CC(n1ccnc1)C(F)(F)F)ON1C(=O)c2ccccc2C1=O. The molecule has 7 nitrogen and oxygen atoms in total. The van der Waals surface area contributed by atoms with E-state index in [4.69, 9.17) is 0 Å². The standard InChI is InChI=1S/C15H10F3N3O4/c16-15(17,18)11(20-6-5-19-8-20)7-12(22)25-21-13(23)9-3-1-2-4-10(9)14(21)24/h1-6,8,11H,7H2. The van der Waals surface area contributed by atoms with Crippen molar-refractivity contribution < 1.29 is 32.4 Å². The molecule has 0 fully saturated rings. The molecule has 1 aromatic heterocycles. The lowest BCUT2D eigenvalue weighted by atomic mass is 10.1. The van der Waals surface area contributed by atoms with Gasteiger partial charge < -0.3 is 9.40 Å². The molecule has 25 heavy (non-hydrogen) atoms. The molecule has 1 atom stereocenters. The molecule has 0 saturated heterocycles. The Balaban J connectivity index is 1.75. The van der Waals surface area contributed by atoms with Gasteiger partial charge in [0.05, 0.1) is 23.9 Å². The van der Waals surface area contributed by atoms with Crippen molar-refractivity contribution in [3.8, 4) is 0 Å². The molecule has 2 amide bonds. The quantitative estimate of drug-likeness (QED) is 0.787. The monoisotopic (exact) mass is 353 g/mol. The van der Waals surface area contributed by atoms with Gasteiger partial charge in [-0.25, -0.2) is 9.78 Å². The highest BCUT2D eigenvalue weighted by molar-refractivity contribution is 6.20. The summed E-state index contributed by atoms with van der Waals surface area (Å²) in [4.78, 5) is 44.1. The van der Waals surface area contributed by atoms with Crippen molar-refractivity contribution in [1.82, 2.24) is 14.6 Å². The molecule has 130 valence electrons. The lowest BCUT2D eigenvalue weighted by Gasteiger charge is -2.21. The fourth-order valence-electron chi connectivity index (χ4n) is 2.39. The first-order valence-electron chi connectivity index (χ1n) is 7.02. The molecule has 0 spiro atoms. The zero-order valence-electron chi connectivity index (χ0n) is 12.4. The van der Waals surface area contributed by atoms with Gasteiger partial charge in [0.15, 0.2) is 0 Å². The maximum atomic E-state index is 13.1. The number of nitrogens with zero attached hydrogens (tertiary/aromatic N) is 3. The zero-order chi connectivity index (χ0) is 18.2. The van der Waals surface area contributed by atoms with E-state index < -0.39 is 36.4 Å². The average Bonchev–Trinajstić information content (AvgIpc) is 3.16. The number of rotatable bonds is 4. The van der Waals surface area contributed by atoms with Crippen LogP contribution in [0.25, 0.3) is 0 Å². The first kappa shape index (κ1) is 16.7. The summed E-state index contributed by atoms with van der Waals surface area (Å²) in [6.07, 6.45) is -2.77. The molecule has 2 heterocycles. The Hall–Kier alpha value is -3.17. The molecule has 1 aliphatic rings. The van der Waals surface area contributed by atoms with Gasteiger partial charge in [-0.3, -0.25) is 9.59 Å². The largest absolute Gasteiger partial charge is 0.409 e. The Morgan fingerprint density at radius 3 is 2.24 bits per heavy atom. The lowest BCUT2D eigenvalue weighted by molar-refractivity contribution is -0.189. The summed E-state index contributed by atoms with van der Waals surface area (Å²) in [6, 6.07) is 3.50. The lowest BCUT2D eigenvalue weighted by Crippen LogP contribution is -2.35. The maximum absolute atomic E-state index is 13.1. The highest BCUT2D eigenvalue weighted by atomic mass is 19.4. The summed E-state index contributed by atoms with van der Waals surface area (Å²) < 4.78 is 40.1. The minimum atomic E-state index is -4.75. The third-order valence-corrected chi connectivity index (χ3v) is 3.57. The summed E-state index contributed by atoms with van der Waals surface area (Å²) in [7, 11) is 0. The molecule has 10 heteroatoms. The summed E-state index contributed by atoms with van der Waals surface area (Å²) in [5, 5.41) is 0.175. The zero-order valence-corrected chi connectivity index (χ0v) is 12.4. The van der Waals surface area contributed by atoms with Gasteiger partial charge in [-0.2, -0.15) is 13.2 Å². The van der Waals surface area contributed by atoms with Crippen molar-refractivity contribution in [2.45, 2.75) is 18.6 Å². The normalized spacial score (nSPS) is 15.2. The number of imidazole rings is 1. The van der Waals surface area contributed by atoms with Crippen LogP contribution in [-0.4, -0.2) is 38.6 Å². The molecule has 3 rings (SSSR count). The smallest absolute Gasteiger partial charge is 0.330 e. The van der Waals surface area contributed by atoms with Crippen LogP contribution in [0.1, 0.15) is 33.2 Å². The summed E-state index contributed by atoms with van der Waals surface area (Å²) >= 11 is 0. The molecule has 1 unspecified atom stereocenters. The number of imide groups is 1. The van der Waals surface area contributed by atoms with Crippen molar-refractivity contribution in [3.05, 3.63) is 54.1 Å². The van der Waals surface area contributed by atoms with E-state index in [1.54, 1.807) is 0 Å². The van der Waals surface area contributed by atoms with Gasteiger partial charge in [0.2, 0.25) is 0 Å². The first-order valence-corrected chi connectivity index (χ1v) is 7.02. The number of amides is 2. The van der Waals surface area contributed by atoms with Gasteiger partial charge in [0.25, 0.3) is 11.8 Å². The Kier molecular flexibility index (Phi) is 4.03. The molecular formula is C15H10F3N3O4. The van der Waals surface area contributed by atoms with E-state index in [-0.39, 0.29) is 16.2 Å². The number of hydrogen-bond acceptors (Lipinski definition) is 5. The van der Waals surface area contributed by atoms with Crippen molar-refractivity contribution in [2.24, 2.45) is 0 Å². The van der Waals surface area contributed by atoms with Gasteiger partial charge in [-0.15, -0.1) is 0 Å². The average molecular weight is 353 g/mol. The number of aromatic nitrogens is 2. The second-order valence-corrected chi connectivity index (χ2v) is 5.18. The molecule has 2 aromatic rings. The number of hydrogen-bond donors (Lipinski definition) is 0. The number of halogens is 3. The number of carbonyl (C=O) groups is 3. The number of fused-ring (bicyclic) bond motifs is 1. The fourth-order valence-corrected chi connectivity index (χ4v) is 2.39. The van der Waals surface area contributed by atoms with Crippen molar-refractivity contribution in [1.29, 1.82) is 0 Å². The third-order valence-electron chi connectivity index (χ3n) is 3.57. The molecule has 1 aromatic carbocycles. The third kappa shape index (κ3) is 3.10. The predicted molar refractivity (Wildman–Crippen MR) is 75.0 cm³/mol. The maximum Gasteiger partial charge on any atom is 0.409 e. The van der Waals surface area contributed by atoms with Crippen LogP contribution in [0.4, 0.5) is 13.2 Å². The van der Waals surface area contributed by atoms with E-state index in [2.05, 4.69) is 9.82 Å². The second-order valence-electron chi connectivity index (χ2n) is 5.18. The van der Waals surface area contributed by atoms with Gasteiger partial charge in [0, 0.05) is 12.4 Å². The first-order chi connectivity index (χ1) is 11.8. The van der Waals surface area contributed by atoms with Crippen LogP contribution in [0.5, 0.6) is 0 Å². The fraction of sp³-hybridized carbons (Fsp3) is 0.200. The summed E-state index contributed by atoms with van der Waals surface area (Å²) in [6.45, 7) is 0. The minimum Gasteiger partial charge on any atom is -0.330 e. The van der Waals surface area contributed by atoms with Crippen LogP contribution in [0.15, 0.2) is 43.0 Å². The van der Waals surface area contributed by atoms with Crippen molar-refractivity contribution >= 4 is 17.8 Å². The minimum absolute atomic E-state index is 0.0160. The van der Waals surface area contributed by atoms with Crippen LogP contribution in [-0.2, 0) is 9.63 Å². The van der Waals surface area contributed by atoms with Crippen LogP contribution in [0.2, 0.25) is 0 Å². The van der Waals surface area contributed by atoms with Gasteiger partial charge in [-0.1, -0.05) is 17.2 Å². The van der Waals surface area contributed by atoms with Gasteiger partial charge >= 0.3 is 12.1 Å². The number of benzene rings is 1. The van der Waals surface area contributed by atoms with E-state index in [0.717, 1.165) is 18.7 Å². The van der Waals surface area contributed by atoms with E-state index in [0.29, 0.717) is 4.57 Å². The Morgan fingerprint density at radius 1 is 1.16 bits per heavy atom. The van der Waals surface area contributed by atoms with Crippen LogP contribution in [0, 0.1) is 0 Å². The molecule has 0 aliphatic carbocycles. The number of carbonyl (C=O) groups excluding carboxylic acids is 3. The predicted octanol–water partition coefficient (Wildman–Crippen LogP) is 2.13. The molecule has 0 bridgehead atoms. The summed E-state index contributed by atoms with van der Waals surface area (Å²) in [5.41, 5.74) is 0.0320. The van der Waals surface area contributed by atoms with Gasteiger partial charge in [0.1, 0.15) is 6.04 Å². The Bertz CT molecular complexity index is 798. The highest BCUT2D eigenvalue weighted by Crippen LogP contribution is 2.33. The van der Waals surface area contributed by atoms with Crippen molar-refractivity contribution in [2.75, 3.05) is 0 Å². The second kappa shape index (κ2) is 6.04. The van der Waals surface area contributed by atoms with E-state index >= 15 is 0 Å². The Morgan fingerprint density at radius 2 is 1.76 bits per heavy atom. The van der Waals surface area contributed by atoms with E-state index in [1.165, 1.54) is 24.3 Å². The molecular weight excluding hydrogens is 343 g/mol. The van der Waals surface area contributed by atoms with Gasteiger partial charge in [-0.05, 0) is 12.1 Å².